The molecule has 0 aromatic heterocycles. The lowest BCUT2D eigenvalue weighted by molar-refractivity contribution is -0.00116. The maximum absolute atomic E-state index is 10.3. The van der Waals surface area contributed by atoms with E-state index < -0.39 is 5.60 Å². The van der Waals surface area contributed by atoms with Gasteiger partial charge in [0, 0.05) is 23.5 Å². The van der Waals surface area contributed by atoms with Crippen molar-refractivity contribution in [3.8, 4) is 0 Å². The van der Waals surface area contributed by atoms with Gasteiger partial charge in [-0.3, -0.25) is 0 Å². The zero-order valence-corrected chi connectivity index (χ0v) is 8.27. The van der Waals surface area contributed by atoms with Crippen LogP contribution >= 0.6 is 11.8 Å². The lowest BCUT2D eigenvalue weighted by Crippen LogP contribution is -2.38. The van der Waals surface area contributed by atoms with Crippen molar-refractivity contribution < 1.29 is 9.84 Å². The van der Waals surface area contributed by atoms with Crippen LogP contribution in [-0.4, -0.2) is 34.9 Å². The molecule has 0 saturated carbocycles. The van der Waals surface area contributed by atoms with Crippen molar-refractivity contribution in [1.29, 1.82) is 0 Å². The lowest BCUT2D eigenvalue weighted by Gasteiger charge is -2.27. The molecule has 0 amide bonds. The number of hydrogen-bond donors (Lipinski definition) is 1. The Bertz CT molecular complexity index is 168. The Balaban J connectivity index is 2.00. The highest BCUT2D eigenvalue weighted by Gasteiger charge is 2.44. The van der Waals surface area contributed by atoms with Crippen LogP contribution in [0.1, 0.15) is 19.8 Å². The van der Waals surface area contributed by atoms with Gasteiger partial charge in [-0.1, -0.05) is 6.92 Å². The monoisotopic (exact) mass is 188 g/mol. The van der Waals surface area contributed by atoms with Crippen LogP contribution in [0.5, 0.6) is 0 Å². The summed E-state index contributed by atoms with van der Waals surface area (Å²) in [5.74, 6) is 1.30. The summed E-state index contributed by atoms with van der Waals surface area (Å²) in [6.45, 7) is 3.80. The minimum Gasteiger partial charge on any atom is -0.389 e. The first kappa shape index (κ1) is 8.85. The first-order chi connectivity index (χ1) is 5.71. The van der Waals surface area contributed by atoms with Gasteiger partial charge in [-0.05, 0) is 12.8 Å². The molecule has 2 fully saturated rings. The molecule has 3 heteroatoms. The molecule has 1 N–H and O–H groups in total. The van der Waals surface area contributed by atoms with Crippen molar-refractivity contribution in [2.24, 2.45) is 5.92 Å². The Kier molecular flexibility index (Phi) is 2.36. The topological polar surface area (TPSA) is 29.5 Å². The fourth-order valence-corrected chi connectivity index (χ4v) is 3.48. The maximum Gasteiger partial charge on any atom is 0.0799 e. The van der Waals surface area contributed by atoms with Crippen molar-refractivity contribution in [2.45, 2.75) is 30.6 Å². The van der Waals surface area contributed by atoms with Crippen molar-refractivity contribution >= 4 is 11.8 Å². The van der Waals surface area contributed by atoms with Crippen molar-refractivity contribution in [3.05, 3.63) is 0 Å². The van der Waals surface area contributed by atoms with Gasteiger partial charge in [0.2, 0.25) is 0 Å². The molecule has 3 atom stereocenters. The van der Waals surface area contributed by atoms with Gasteiger partial charge >= 0.3 is 0 Å². The predicted molar refractivity (Wildman–Crippen MR) is 50.4 cm³/mol. The summed E-state index contributed by atoms with van der Waals surface area (Å²) in [6.07, 6.45) is 2.00. The molecule has 12 heavy (non-hydrogen) atoms. The molecule has 0 spiro atoms. The van der Waals surface area contributed by atoms with Crippen LogP contribution in [0, 0.1) is 5.92 Å². The fraction of sp³-hybridized carbons (Fsp3) is 1.00. The van der Waals surface area contributed by atoms with Gasteiger partial charge in [0.1, 0.15) is 0 Å². The number of hydrogen-bond acceptors (Lipinski definition) is 3. The van der Waals surface area contributed by atoms with Gasteiger partial charge in [-0.25, -0.2) is 0 Å². The quantitative estimate of drug-likeness (QED) is 0.672. The zero-order chi connectivity index (χ0) is 8.60. The molecule has 2 heterocycles. The normalized spacial score (nSPS) is 48.5. The van der Waals surface area contributed by atoms with Gasteiger partial charge in [0.05, 0.1) is 12.2 Å². The molecule has 2 saturated heterocycles. The number of ether oxygens (including phenoxy) is 1. The molecule has 0 aromatic rings. The Labute approximate surface area is 77.7 Å². The Morgan fingerprint density at radius 3 is 2.92 bits per heavy atom. The second-order valence-electron chi connectivity index (χ2n) is 3.99. The van der Waals surface area contributed by atoms with E-state index in [1.54, 1.807) is 0 Å². The molecule has 3 unspecified atom stereocenters. The minimum atomic E-state index is -0.416. The summed E-state index contributed by atoms with van der Waals surface area (Å²) in [4.78, 5) is 0. The lowest BCUT2D eigenvalue weighted by atomic mass is 9.85. The highest BCUT2D eigenvalue weighted by molar-refractivity contribution is 8.00. The van der Waals surface area contributed by atoms with E-state index in [4.69, 9.17) is 4.74 Å². The van der Waals surface area contributed by atoms with Crippen molar-refractivity contribution in [1.82, 2.24) is 0 Å². The van der Waals surface area contributed by atoms with Crippen LogP contribution in [0.2, 0.25) is 0 Å². The largest absolute Gasteiger partial charge is 0.389 e. The summed E-state index contributed by atoms with van der Waals surface area (Å²) in [5.41, 5.74) is -0.416. The van der Waals surface area contributed by atoms with Gasteiger partial charge in [0.15, 0.2) is 0 Å². The molecule has 2 aliphatic rings. The molecular weight excluding hydrogens is 172 g/mol. The van der Waals surface area contributed by atoms with E-state index in [9.17, 15) is 5.11 Å². The van der Waals surface area contributed by atoms with E-state index in [2.05, 4.69) is 6.92 Å². The first-order valence-electron chi connectivity index (χ1n) is 4.62. The third-order valence-corrected chi connectivity index (χ3v) is 4.35. The number of rotatable bonds is 1. The van der Waals surface area contributed by atoms with Gasteiger partial charge in [-0.15, -0.1) is 0 Å². The summed E-state index contributed by atoms with van der Waals surface area (Å²) < 4.78 is 5.30. The molecule has 2 aliphatic heterocycles. The molecule has 0 aromatic carbocycles. The second kappa shape index (κ2) is 3.20. The van der Waals surface area contributed by atoms with Crippen LogP contribution in [0.3, 0.4) is 0 Å². The zero-order valence-electron chi connectivity index (χ0n) is 7.45. The summed E-state index contributed by atoms with van der Waals surface area (Å²) in [7, 11) is 0. The molecular formula is C9H16O2S. The highest BCUT2D eigenvalue weighted by atomic mass is 32.2. The molecule has 2 rings (SSSR count). The van der Waals surface area contributed by atoms with Crippen LogP contribution < -0.4 is 0 Å². The standard InChI is InChI=1S/C9H16O2S/c1-7-4-9(10,6-12-7)8-2-3-11-5-8/h7-8,10H,2-6H2,1H3. The van der Waals surface area contributed by atoms with Crippen molar-refractivity contribution in [2.75, 3.05) is 19.0 Å². The molecule has 0 radical (unpaired) electrons. The highest BCUT2D eigenvalue weighted by Crippen LogP contribution is 2.41. The SMILES string of the molecule is CC1CC(O)(C2CCOC2)CS1. The van der Waals surface area contributed by atoms with Gasteiger partial charge < -0.3 is 9.84 Å². The minimum absolute atomic E-state index is 0.398. The molecule has 0 bridgehead atoms. The van der Waals surface area contributed by atoms with Gasteiger partial charge in [0.25, 0.3) is 0 Å². The van der Waals surface area contributed by atoms with E-state index in [0.29, 0.717) is 11.2 Å². The van der Waals surface area contributed by atoms with Crippen molar-refractivity contribution in [3.63, 3.8) is 0 Å². The van der Waals surface area contributed by atoms with E-state index in [1.165, 1.54) is 0 Å². The second-order valence-corrected chi connectivity index (χ2v) is 5.42. The summed E-state index contributed by atoms with van der Waals surface area (Å²) in [6, 6.07) is 0. The number of aliphatic hydroxyl groups is 1. The van der Waals surface area contributed by atoms with Crippen LogP contribution in [0.25, 0.3) is 0 Å². The molecule has 0 aliphatic carbocycles. The Hall–Kier alpha value is 0.270. The van der Waals surface area contributed by atoms with Crippen LogP contribution in [0.15, 0.2) is 0 Å². The van der Waals surface area contributed by atoms with Crippen LogP contribution in [0.4, 0.5) is 0 Å². The van der Waals surface area contributed by atoms with Gasteiger partial charge in [-0.2, -0.15) is 11.8 Å². The third-order valence-electron chi connectivity index (χ3n) is 2.95. The van der Waals surface area contributed by atoms with E-state index in [-0.39, 0.29) is 0 Å². The Morgan fingerprint density at radius 2 is 2.42 bits per heavy atom. The van der Waals surface area contributed by atoms with E-state index >= 15 is 0 Å². The summed E-state index contributed by atoms with van der Waals surface area (Å²) in [5, 5.41) is 10.9. The first-order valence-corrected chi connectivity index (χ1v) is 5.67. The number of thioether (sulfide) groups is 1. The molecule has 70 valence electrons. The Morgan fingerprint density at radius 1 is 1.58 bits per heavy atom. The third kappa shape index (κ3) is 1.50. The van der Waals surface area contributed by atoms with E-state index in [1.807, 2.05) is 11.8 Å². The maximum atomic E-state index is 10.3. The smallest absolute Gasteiger partial charge is 0.0799 e. The fourth-order valence-electron chi connectivity index (χ4n) is 2.15. The molecule has 2 nitrogen and oxygen atoms in total. The van der Waals surface area contributed by atoms with Crippen LogP contribution in [-0.2, 0) is 4.74 Å². The summed E-state index contributed by atoms with van der Waals surface area (Å²) >= 11 is 1.89. The average Bonchev–Trinajstić information content (AvgIpc) is 2.59. The average molecular weight is 188 g/mol. The predicted octanol–water partition coefficient (Wildman–Crippen LogP) is 1.28. The van der Waals surface area contributed by atoms with E-state index in [0.717, 1.165) is 31.8 Å².